The highest BCUT2D eigenvalue weighted by molar-refractivity contribution is 5.67. The number of nitrogens with zero attached hydrogens (tertiary/aromatic N) is 1. The summed E-state index contributed by atoms with van der Waals surface area (Å²) < 4.78 is 10.3. The zero-order valence-corrected chi connectivity index (χ0v) is 14.3. The van der Waals surface area contributed by atoms with Gasteiger partial charge in [-0.3, -0.25) is 0 Å². The third-order valence-corrected chi connectivity index (χ3v) is 4.27. The lowest BCUT2D eigenvalue weighted by Crippen LogP contribution is -2.52. The maximum atomic E-state index is 11.8. The van der Waals surface area contributed by atoms with Crippen LogP contribution in [0.5, 0.6) is 5.88 Å². The Hall–Kier alpha value is -2.60. The van der Waals surface area contributed by atoms with Gasteiger partial charge in [-0.1, -0.05) is 36.4 Å². The third-order valence-electron chi connectivity index (χ3n) is 4.27. The van der Waals surface area contributed by atoms with E-state index in [1.54, 1.807) is 13.3 Å². The first-order valence-electron chi connectivity index (χ1n) is 8.42. The van der Waals surface area contributed by atoms with Crippen molar-refractivity contribution in [3.63, 3.8) is 0 Å². The fraction of sp³-hybridized carbons (Fsp3) is 0.368. The Morgan fingerprint density at radius 2 is 1.92 bits per heavy atom. The van der Waals surface area contributed by atoms with Crippen molar-refractivity contribution in [1.82, 2.24) is 15.6 Å². The van der Waals surface area contributed by atoms with Crippen LogP contribution in [0.2, 0.25) is 0 Å². The van der Waals surface area contributed by atoms with Gasteiger partial charge in [0.15, 0.2) is 0 Å². The number of methoxy groups -OCH3 is 1. The van der Waals surface area contributed by atoms with Crippen LogP contribution in [0.3, 0.4) is 0 Å². The molecule has 1 fully saturated rings. The average molecular weight is 341 g/mol. The molecule has 0 aliphatic heterocycles. The van der Waals surface area contributed by atoms with E-state index in [0.717, 1.165) is 30.5 Å². The maximum absolute atomic E-state index is 11.8. The minimum absolute atomic E-state index is 0.176. The molecule has 0 atom stereocenters. The van der Waals surface area contributed by atoms with E-state index in [-0.39, 0.29) is 12.1 Å². The normalized spacial score (nSPS) is 18.9. The molecule has 3 rings (SSSR count). The number of hydrogen-bond acceptors (Lipinski definition) is 5. The summed E-state index contributed by atoms with van der Waals surface area (Å²) in [6.45, 7) is 1.05. The summed E-state index contributed by atoms with van der Waals surface area (Å²) in [5, 5.41) is 6.36. The SMILES string of the molecule is COc1ccc(CNC2CC(NC(=O)OCc3ccccc3)C2)cn1. The fourth-order valence-corrected chi connectivity index (χ4v) is 2.73. The first kappa shape index (κ1) is 17.2. The van der Waals surface area contributed by atoms with E-state index in [9.17, 15) is 4.79 Å². The molecule has 0 saturated heterocycles. The number of pyridine rings is 1. The Morgan fingerprint density at radius 1 is 1.12 bits per heavy atom. The predicted octanol–water partition coefficient (Wildman–Crippen LogP) is 2.64. The van der Waals surface area contributed by atoms with Gasteiger partial charge < -0.3 is 20.1 Å². The third kappa shape index (κ3) is 5.19. The molecule has 1 amide bonds. The van der Waals surface area contributed by atoms with Crippen LogP contribution in [-0.2, 0) is 17.9 Å². The van der Waals surface area contributed by atoms with Gasteiger partial charge in [-0.05, 0) is 24.0 Å². The predicted molar refractivity (Wildman–Crippen MR) is 94.2 cm³/mol. The van der Waals surface area contributed by atoms with Gasteiger partial charge in [0.2, 0.25) is 5.88 Å². The molecule has 1 aromatic heterocycles. The van der Waals surface area contributed by atoms with Crippen molar-refractivity contribution in [2.75, 3.05) is 7.11 Å². The van der Waals surface area contributed by atoms with Crippen molar-refractivity contribution in [3.05, 3.63) is 59.8 Å². The molecule has 6 nitrogen and oxygen atoms in total. The first-order chi connectivity index (χ1) is 12.2. The second-order valence-electron chi connectivity index (χ2n) is 6.16. The van der Waals surface area contributed by atoms with Crippen LogP contribution in [0.1, 0.15) is 24.0 Å². The summed E-state index contributed by atoms with van der Waals surface area (Å²) in [7, 11) is 1.60. The van der Waals surface area contributed by atoms with Crippen molar-refractivity contribution >= 4 is 6.09 Å². The smallest absolute Gasteiger partial charge is 0.407 e. The highest BCUT2D eigenvalue weighted by Crippen LogP contribution is 2.20. The van der Waals surface area contributed by atoms with E-state index < -0.39 is 0 Å². The molecule has 2 N–H and O–H groups in total. The molecule has 2 aromatic rings. The molecule has 0 radical (unpaired) electrons. The molecular formula is C19H23N3O3. The largest absolute Gasteiger partial charge is 0.481 e. The number of benzene rings is 1. The highest BCUT2D eigenvalue weighted by atomic mass is 16.5. The van der Waals surface area contributed by atoms with Crippen LogP contribution in [0.15, 0.2) is 48.7 Å². The summed E-state index contributed by atoms with van der Waals surface area (Å²) in [4.78, 5) is 16.0. The molecule has 0 unspecified atom stereocenters. The Labute approximate surface area is 147 Å². The van der Waals surface area contributed by atoms with Gasteiger partial charge in [0.1, 0.15) is 6.61 Å². The number of nitrogens with one attached hydrogen (secondary N) is 2. The highest BCUT2D eigenvalue weighted by Gasteiger charge is 2.30. The van der Waals surface area contributed by atoms with Gasteiger partial charge in [-0.15, -0.1) is 0 Å². The van der Waals surface area contributed by atoms with Crippen molar-refractivity contribution in [2.24, 2.45) is 0 Å². The van der Waals surface area contributed by atoms with Crippen molar-refractivity contribution in [2.45, 2.75) is 38.1 Å². The zero-order valence-electron chi connectivity index (χ0n) is 14.3. The van der Waals surface area contributed by atoms with Gasteiger partial charge in [-0.25, -0.2) is 9.78 Å². The lowest BCUT2D eigenvalue weighted by molar-refractivity contribution is 0.125. The van der Waals surface area contributed by atoms with Crippen LogP contribution in [-0.4, -0.2) is 30.3 Å². The topological polar surface area (TPSA) is 72.5 Å². The van der Waals surface area contributed by atoms with Crippen LogP contribution < -0.4 is 15.4 Å². The molecule has 1 heterocycles. The number of ether oxygens (including phenoxy) is 2. The Morgan fingerprint density at radius 3 is 2.60 bits per heavy atom. The van der Waals surface area contributed by atoms with Gasteiger partial charge in [0.25, 0.3) is 0 Å². The van der Waals surface area contributed by atoms with Crippen LogP contribution in [0.25, 0.3) is 0 Å². The molecule has 1 aliphatic rings. The Kier molecular flexibility index (Phi) is 5.85. The second-order valence-corrected chi connectivity index (χ2v) is 6.16. The van der Waals surface area contributed by atoms with E-state index in [2.05, 4.69) is 15.6 Å². The summed E-state index contributed by atoms with van der Waals surface area (Å²) in [5.74, 6) is 0.616. The summed E-state index contributed by atoms with van der Waals surface area (Å²) in [6.07, 6.45) is 3.27. The minimum atomic E-state index is -0.355. The Balaban J connectivity index is 1.30. The molecular weight excluding hydrogens is 318 g/mol. The lowest BCUT2D eigenvalue weighted by Gasteiger charge is -2.36. The quantitative estimate of drug-likeness (QED) is 0.810. The van der Waals surface area contributed by atoms with Gasteiger partial charge in [0, 0.05) is 30.9 Å². The number of hydrogen-bond donors (Lipinski definition) is 2. The van der Waals surface area contributed by atoms with Crippen molar-refractivity contribution < 1.29 is 14.3 Å². The minimum Gasteiger partial charge on any atom is -0.481 e. The molecule has 25 heavy (non-hydrogen) atoms. The molecule has 6 heteroatoms. The van der Waals surface area contributed by atoms with E-state index in [1.165, 1.54) is 0 Å². The van der Waals surface area contributed by atoms with E-state index in [0.29, 0.717) is 18.5 Å². The van der Waals surface area contributed by atoms with Gasteiger partial charge in [0.05, 0.1) is 7.11 Å². The maximum Gasteiger partial charge on any atom is 0.407 e. The molecule has 0 bridgehead atoms. The zero-order chi connectivity index (χ0) is 17.5. The molecule has 1 aliphatic carbocycles. The summed E-state index contributed by atoms with van der Waals surface area (Å²) in [5.41, 5.74) is 2.10. The lowest BCUT2D eigenvalue weighted by atomic mass is 9.87. The number of carbonyl (C=O) groups excluding carboxylic acids is 1. The number of amides is 1. The van der Waals surface area contributed by atoms with E-state index in [4.69, 9.17) is 9.47 Å². The monoisotopic (exact) mass is 341 g/mol. The van der Waals surface area contributed by atoms with Gasteiger partial charge in [-0.2, -0.15) is 0 Å². The van der Waals surface area contributed by atoms with E-state index in [1.807, 2.05) is 42.5 Å². The molecule has 1 aromatic carbocycles. The van der Waals surface area contributed by atoms with Gasteiger partial charge >= 0.3 is 6.09 Å². The summed E-state index contributed by atoms with van der Waals surface area (Å²) in [6, 6.07) is 14.1. The molecule has 1 saturated carbocycles. The van der Waals surface area contributed by atoms with Crippen molar-refractivity contribution in [1.29, 1.82) is 0 Å². The molecule has 0 spiro atoms. The van der Waals surface area contributed by atoms with Crippen LogP contribution in [0, 0.1) is 0 Å². The first-order valence-corrected chi connectivity index (χ1v) is 8.42. The van der Waals surface area contributed by atoms with E-state index >= 15 is 0 Å². The summed E-state index contributed by atoms with van der Waals surface area (Å²) >= 11 is 0. The standard InChI is InChI=1S/C19H23N3O3/c1-24-18-8-7-15(12-21-18)11-20-16-9-17(10-16)22-19(23)25-13-14-5-3-2-4-6-14/h2-8,12,16-17,20H,9-11,13H2,1H3,(H,22,23). The number of aromatic nitrogens is 1. The fourth-order valence-electron chi connectivity index (χ4n) is 2.73. The number of rotatable bonds is 7. The number of alkyl carbamates (subject to hydrolysis) is 1. The number of carbonyl (C=O) groups is 1. The average Bonchev–Trinajstić information content (AvgIpc) is 2.63. The second kappa shape index (κ2) is 8.48. The van der Waals surface area contributed by atoms with Crippen LogP contribution in [0.4, 0.5) is 4.79 Å². The van der Waals surface area contributed by atoms with Crippen LogP contribution >= 0.6 is 0 Å². The Bertz CT molecular complexity index is 670. The van der Waals surface area contributed by atoms with Crippen molar-refractivity contribution in [3.8, 4) is 5.88 Å². The molecule has 132 valence electrons.